The number of aryl methyl sites for hydroxylation is 6. The van der Waals surface area contributed by atoms with Gasteiger partial charge in [-0.2, -0.15) is 5.26 Å². The molecule has 21 heteroatoms. The van der Waals surface area contributed by atoms with Gasteiger partial charge in [-0.3, -0.25) is 19.9 Å². The third-order valence-electron chi connectivity index (χ3n) is 15.9. The van der Waals surface area contributed by atoms with E-state index in [1.165, 1.54) is 44.2 Å². The van der Waals surface area contributed by atoms with Crippen LogP contribution < -0.4 is 17.4 Å². The summed E-state index contributed by atoms with van der Waals surface area (Å²) >= 11 is 7.97. The van der Waals surface area contributed by atoms with Gasteiger partial charge in [-0.1, -0.05) is 87.8 Å². The maximum absolute atomic E-state index is 13.7. The molecule has 0 amide bonds. The van der Waals surface area contributed by atoms with Crippen LogP contribution in [0.15, 0.2) is 186 Å². The molecule has 1 aliphatic carbocycles. The number of benzene rings is 3. The molecule has 11 aromatic heterocycles. The van der Waals surface area contributed by atoms with Crippen molar-refractivity contribution in [3.63, 3.8) is 0 Å². The van der Waals surface area contributed by atoms with E-state index in [2.05, 4.69) is 164 Å². The SMILES string of the molecule is Cc1cc(C#N)cc(-c2ccc(C#Cc3csc(C)n3)c[nH+]2)c1.Cc1nc(C#Cc2ccc(-c3ccc(F)cc3F)nc2)cs1.Cc1nc(C#Cc2ccc(-c3cccc4ncccc34)nc2)cs1.Cc1nc(C#Cc2ccc(C(C)(C)C)nc2)cs1.Cc1nc(C#Cc2cnc(C3CCCCC3)nc2)cs1.[Cl-]. The molecule has 15 rings (SSSR count). The lowest BCUT2D eigenvalue weighted by Gasteiger charge is -2.19. The summed E-state index contributed by atoms with van der Waals surface area (Å²) in [5.41, 5.74) is 16.8. The van der Waals surface area contributed by atoms with E-state index in [0.29, 0.717) is 22.7 Å². The quantitative estimate of drug-likeness (QED) is 0.152. The molecule has 11 heterocycles. The highest BCUT2D eigenvalue weighted by molar-refractivity contribution is 7.10. The third kappa shape index (κ3) is 23.7. The second-order valence-corrected chi connectivity index (χ2v) is 30.7. The molecule has 13 nitrogen and oxygen atoms in total. The smallest absolute Gasteiger partial charge is 0.210 e. The van der Waals surface area contributed by atoms with Gasteiger partial charge in [0.25, 0.3) is 0 Å². The van der Waals surface area contributed by atoms with Gasteiger partial charge in [0.05, 0.1) is 64.7 Å². The number of thiazole rings is 5. The van der Waals surface area contributed by atoms with Gasteiger partial charge < -0.3 is 12.4 Å². The Morgan fingerprint density at radius 3 is 1.37 bits per heavy atom. The highest BCUT2D eigenvalue weighted by atomic mass is 35.5. The van der Waals surface area contributed by atoms with Crippen LogP contribution in [0.3, 0.4) is 0 Å². The fourth-order valence-corrected chi connectivity index (χ4v) is 13.4. The first kappa shape index (κ1) is 78.9. The molecule has 1 saturated carbocycles. The summed E-state index contributed by atoms with van der Waals surface area (Å²) in [5.74, 6) is 30.8. The van der Waals surface area contributed by atoms with Crippen LogP contribution >= 0.6 is 56.7 Å². The van der Waals surface area contributed by atoms with E-state index in [9.17, 15) is 8.78 Å². The summed E-state index contributed by atoms with van der Waals surface area (Å²) in [6.07, 6.45) is 18.9. The third-order valence-corrected chi connectivity index (χ3v) is 19.8. The molecule has 0 radical (unpaired) electrons. The average Bonchev–Trinajstić information content (AvgIpc) is 0.938. The lowest BCUT2D eigenvalue weighted by atomic mass is 9.89. The topological polar surface area (TPSA) is 180 Å². The summed E-state index contributed by atoms with van der Waals surface area (Å²) in [7, 11) is 0. The van der Waals surface area contributed by atoms with Gasteiger partial charge >= 0.3 is 0 Å². The van der Waals surface area contributed by atoms with Gasteiger partial charge in [-0.15, -0.1) is 56.7 Å². The lowest BCUT2D eigenvalue weighted by molar-refractivity contribution is -0.364. The average molecular weight is 1530 g/mol. The highest BCUT2D eigenvalue weighted by Gasteiger charge is 2.18. The minimum atomic E-state index is -0.635. The number of fused-ring (bicyclic) bond motifs is 1. The van der Waals surface area contributed by atoms with Gasteiger partial charge in [-0.05, 0) is 174 Å². The van der Waals surface area contributed by atoms with Crippen molar-refractivity contribution in [3.05, 3.63) is 301 Å². The van der Waals surface area contributed by atoms with Crippen LogP contribution in [0, 0.1) is 124 Å². The molecule has 1 aliphatic rings. The fourth-order valence-electron chi connectivity index (χ4n) is 10.6. The summed E-state index contributed by atoms with van der Waals surface area (Å²) in [6.45, 7) is 18.3. The van der Waals surface area contributed by atoms with Crippen LogP contribution in [0.5, 0.6) is 0 Å². The number of rotatable bonds is 4. The summed E-state index contributed by atoms with van der Waals surface area (Å²) < 4.78 is 26.6. The monoisotopic (exact) mass is 1530 g/mol. The van der Waals surface area contributed by atoms with Crippen molar-refractivity contribution in [1.29, 1.82) is 5.26 Å². The number of hydrogen-bond acceptors (Lipinski definition) is 17. The van der Waals surface area contributed by atoms with Crippen molar-refractivity contribution in [2.45, 2.75) is 106 Å². The molecule has 0 bridgehead atoms. The van der Waals surface area contributed by atoms with Crippen LogP contribution in [0.2, 0.25) is 0 Å². The minimum absolute atomic E-state index is 0. The largest absolute Gasteiger partial charge is 1.00 e. The van der Waals surface area contributed by atoms with Gasteiger partial charge in [0.1, 0.15) is 45.9 Å². The maximum atomic E-state index is 13.7. The number of nitrogens with zero attached hydrogens (tertiary/aromatic N) is 12. The number of aromatic amines is 1. The van der Waals surface area contributed by atoms with E-state index in [4.69, 9.17) is 5.26 Å². The minimum Gasteiger partial charge on any atom is -1.00 e. The van der Waals surface area contributed by atoms with E-state index < -0.39 is 11.6 Å². The van der Waals surface area contributed by atoms with Crippen molar-refractivity contribution in [1.82, 2.24) is 54.8 Å². The van der Waals surface area contributed by atoms with Crippen molar-refractivity contribution >= 4 is 67.6 Å². The van der Waals surface area contributed by atoms with E-state index in [1.807, 2.05) is 160 Å². The molecule has 14 aromatic rings. The molecule has 3 aromatic carbocycles. The molecule has 1 fully saturated rings. The molecule has 1 N–H and O–H groups in total. The highest BCUT2D eigenvalue weighted by Crippen LogP contribution is 2.31. The Hall–Kier alpha value is -11.7. The molecule has 108 heavy (non-hydrogen) atoms. The predicted molar refractivity (Wildman–Crippen MR) is 427 cm³/mol. The Bertz CT molecular complexity index is 5760. The number of nitrogens with one attached hydrogen (secondary N) is 1. The second kappa shape index (κ2) is 38.6. The molecule has 0 unspecified atom stereocenters. The maximum Gasteiger partial charge on any atom is 0.210 e. The van der Waals surface area contributed by atoms with Crippen LogP contribution in [0.4, 0.5) is 8.78 Å². The summed E-state index contributed by atoms with van der Waals surface area (Å²) in [4.78, 5) is 51.3. The van der Waals surface area contributed by atoms with E-state index in [-0.39, 0.29) is 23.4 Å². The van der Waals surface area contributed by atoms with E-state index in [1.54, 1.807) is 87.4 Å². The predicted octanol–water partition coefficient (Wildman–Crippen LogP) is 16.4. The molecule has 534 valence electrons. The van der Waals surface area contributed by atoms with Gasteiger partial charge in [-0.25, -0.2) is 48.7 Å². The number of H-pyrrole nitrogens is 1. The van der Waals surface area contributed by atoms with Crippen molar-refractivity contribution in [3.8, 4) is 99.0 Å². The number of pyridine rings is 5. The van der Waals surface area contributed by atoms with Crippen LogP contribution in [0.25, 0.3) is 44.7 Å². The zero-order chi connectivity index (χ0) is 75.1. The Balaban J connectivity index is 0.000000144. The number of aromatic nitrogens is 12. The Morgan fingerprint density at radius 1 is 0.444 bits per heavy atom. The molecule has 0 spiro atoms. The van der Waals surface area contributed by atoms with Crippen LogP contribution in [-0.2, 0) is 5.41 Å². The van der Waals surface area contributed by atoms with Gasteiger partial charge in [0.15, 0.2) is 6.20 Å². The number of hydrogen-bond donors (Lipinski definition) is 0. The summed E-state index contributed by atoms with van der Waals surface area (Å²) in [5, 5.41) is 25.0. The van der Waals surface area contributed by atoms with Crippen LogP contribution in [-0.4, -0.2) is 54.8 Å². The summed E-state index contributed by atoms with van der Waals surface area (Å²) in [6, 6.07) is 36.9. The Labute approximate surface area is 654 Å². The van der Waals surface area contributed by atoms with Crippen molar-refractivity contribution in [2.24, 2.45) is 0 Å². The van der Waals surface area contributed by atoms with E-state index >= 15 is 0 Å². The number of halogens is 3. The normalized spacial score (nSPS) is 11.2. The van der Waals surface area contributed by atoms with Crippen LogP contribution in [0.1, 0.15) is 163 Å². The second-order valence-electron chi connectivity index (χ2n) is 25.4. The lowest BCUT2D eigenvalue weighted by Crippen LogP contribution is -3.00. The van der Waals surface area contributed by atoms with Gasteiger partial charge in [0, 0.05) is 132 Å². The van der Waals surface area contributed by atoms with Crippen molar-refractivity contribution < 1.29 is 26.2 Å². The van der Waals surface area contributed by atoms with Gasteiger partial charge in [0.2, 0.25) is 5.69 Å². The first-order valence-electron chi connectivity index (χ1n) is 34.1. The van der Waals surface area contributed by atoms with Crippen molar-refractivity contribution in [2.75, 3.05) is 0 Å². The first-order valence-corrected chi connectivity index (χ1v) is 38.5. The molecule has 0 aliphatic heterocycles. The molecular weight excluding hydrogens is 1460 g/mol. The molecule has 0 saturated heterocycles. The Morgan fingerprint density at radius 2 is 0.926 bits per heavy atom. The zero-order valence-electron chi connectivity index (χ0n) is 60.6. The Kier molecular flexibility index (Phi) is 28.2. The first-order chi connectivity index (χ1) is 51.8. The zero-order valence-corrected chi connectivity index (χ0v) is 65.4. The standard InChI is InChI=1S/C20H13N3S.C19H13N3S.C17H10F2N2S.C16H17N3S.C15H16N2S.ClH/c1-14-23-16(13-24-14)9-7-15-8-10-20(22-12-15)17-4-2-6-19-18(17)5-3-11-21-19;1-13-7-16(10-20)9-17(8-13)19-6-4-15(11-21-19)3-5-18-12-23-14(2)22-18;1-11-21-14(10-22-11)5-2-12-3-7-17(20-9-12)15-6-4-13(18)8-16(15)19;1-12-19-15(11-20-12)8-7-13-9-17-16(18-10-13)14-5-3-2-4-6-14;1-11-17-13(10-18-11)7-5-12-6-8-14(16-9-12)15(2,3)4;/h2-6,8,10-13H,1H3;4,6-9,11-12H,1-2H3;3-4,6-10H,1H3;9-11,14H,2-6H2,1H3;6,8-10H,1-4H3;1H. The number of nitriles is 1. The van der Waals surface area contributed by atoms with E-state index in [0.717, 1.165) is 132 Å². The molecular formula is C87H70ClF2N13S5. The molecule has 0 atom stereocenters. The fraction of sp³-hybridized carbons (Fsp3) is 0.184.